The molecule has 0 amide bonds. The largest absolute Gasteiger partial charge is 0.478 e. The van der Waals surface area contributed by atoms with Crippen molar-refractivity contribution in [3.63, 3.8) is 0 Å². The molecule has 0 bridgehead atoms. The van der Waals surface area contributed by atoms with E-state index in [2.05, 4.69) is 10.3 Å². The lowest BCUT2D eigenvalue weighted by atomic mass is 10.2. The second-order valence-electron chi connectivity index (χ2n) is 3.93. The van der Waals surface area contributed by atoms with Crippen LogP contribution < -0.4 is 10.1 Å². The monoisotopic (exact) mass is 258 g/mol. The molecular weight excluding hydrogens is 244 g/mol. The molecule has 1 aromatic heterocycles. The van der Waals surface area contributed by atoms with Gasteiger partial charge in [-0.2, -0.15) is 0 Å². The molecule has 98 valence electrons. The van der Waals surface area contributed by atoms with Gasteiger partial charge in [0, 0.05) is 18.3 Å². The molecule has 0 saturated heterocycles. The normalized spacial score (nSPS) is 10.2. The predicted molar refractivity (Wildman–Crippen MR) is 70.5 cm³/mol. The van der Waals surface area contributed by atoms with Gasteiger partial charge in [-0.15, -0.1) is 0 Å². The molecule has 19 heavy (non-hydrogen) atoms. The molecule has 2 N–H and O–H groups in total. The molecule has 0 aliphatic rings. The molecule has 0 unspecified atom stereocenters. The van der Waals surface area contributed by atoms with Crippen molar-refractivity contribution in [1.29, 1.82) is 0 Å². The van der Waals surface area contributed by atoms with E-state index in [1.54, 1.807) is 18.3 Å². The second-order valence-corrected chi connectivity index (χ2v) is 3.93. The molecule has 0 radical (unpaired) electrons. The Morgan fingerprint density at radius 2 is 2.21 bits per heavy atom. The highest BCUT2D eigenvalue weighted by Crippen LogP contribution is 2.23. The summed E-state index contributed by atoms with van der Waals surface area (Å²) in [5, 5.41) is 12.0. The number of benzene rings is 1. The summed E-state index contributed by atoms with van der Waals surface area (Å²) in [5.74, 6) is -0.0581. The van der Waals surface area contributed by atoms with E-state index in [1.165, 1.54) is 12.1 Å². The third-order valence-corrected chi connectivity index (χ3v) is 2.51. The van der Waals surface area contributed by atoms with Gasteiger partial charge in [0.1, 0.15) is 5.75 Å². The van der Waals surface area contributed by atoms with Crippen LogP contribution in [0.15, 0.2) is 42.6 Å². The van der Waals surface area contributed by atoms with E-state index in [0.29, 0.717) is 18.2 Å². The fraction of sp³-hybridized carbons (Fsp3) is 0.143. The minimum absolute atomic E-state index is 0.184. The first-order valence-electron chi connectivity index (χ1n) is 5.80. The Bertz CT molecular complexity index is 584. The summed E-state index contributed by atoms with van der Waals surface area (Å²) in [6, 6.07) is 10.1. The SMILES string of the molecule is CNCc1cccnc1Oc1cccc(C(=O)O)c1. The Hall–Kier alpha value is -2.40. The average Bonchev–Trinajstić information content (AvgIpc) is 2.41. The summed E-state index contributed by atoms with van der Waals surface area (Å²) in [6.45, 7) is 0.627. The number of ether oxygens (including phenoxy) is 1. The molecule has 0 aliphatic heterocycles. The van der Waals surface area contributed by atoms with Crippen LogP contribution in [-0.2, 0) is 6.54 Å². The summed E-state index contributed by atoms with van der Waals surface area (Å²) < 4.78 is 5.64. The van der Waals surface area contributed by atoms with Crippen LogP contribution >= 0.6 is 0 Å². The Morgan fingerprint density at radius 3 is 2.95 bits per heavy atom. The van der Waals surface area contributed by atoms with Crippen LogP contribution in [0.25, 0.3) is 0 Å². The maximum absolute atomic E-state index is 10.9. The van der Waals surface area contributed by atoms with Crippen molar-refractivity contribution in [3.05, 3.63) is 53.7 Å². The lowest BCUT2D eigenvalue weighted by molar-refractivity contribution is 0.0696. The zero-order chi connectivity index (χ0) is 13.7. The fourth-order valence-electron chi connectivity index (χ4n) is 1.65. The summed E-state index contributed by atoms with van der Waals surface area (Å²) in [7, 11) is 1.84. The number of aromatic carboxylic acids is 1. The number of nitrogens with one attached hydrogen (secondary N) is 1. The number of aromatic nitrogens is 1. The van der Waals surface area contributed by atoms with E-state index >= 15 is 0 Å². The van der Waals surface area contributed by atoms with Gasteiger partial charge in [-0.1, -0.05) is 12.1 Å². The summed E-state index contributed by atoms with van der Waals surface area (Å²) in [4.78, 5) is 15.1. The van der Waals surface area contributed by atoms with E-state index < -0.39 is 5.97 Å². The van der Waals surface area contributed by atoms with Crippen molar-refractivity contribution in [2.45, 2.75) is 6.54 Å². The summed E-state index contributed by atoms with van der Waals surface area (Å²) in [6.07, 6.45) is 1.63. The third-order valence-electron chi connectivity index (χ3n) is 2.51. The first-order valence-corrected chi connectivity index (χ1v) is 5.80. The van der Waals surface area contributed by atoms with Gasteiger partial charge in [-0.05, 0) is 31.3 Å². The van der Waals surface area contributed by atoms with Gasteiger partial charge in [-0.3, -0.25) is 0 Å². The molecule has 1 aromatic carbocycles. The van der Waals surface area contributed by atoms with Crippen LogP contribution in [0.2, 0.25) is 0 Å². The molecular formula is C14H14N2O3. The van der Waals surface area contributed by atoms with Crippen LogP contribution in [0.4, 0.5) is 0 Å². The highest BCUT2D eigenvalue weighted by atomic mass is 16.5. The van der Waals surface area contributed by atoms with Crippen molar-refractivity contribution in [2.75, 3.05) is 7.05 Å². The van der Waals surface area contributed by atoms with Gasteiger partial charge in [-0.25, -0.2) is 9.78 Å². The molecule has 1 heterocycles. The van der Waals surface area contributed by atoms with E-state index in [1.807, 2.05) is 19.2 Å². The van der Waals surface area contributed by atoms with Gasteiger partial charge in [0.05, 0.1) is 5.56 Å². The topological polar surface area (TPSA) is 71.5 Å². The molecule has 0 atom stereocenters. The number of nitrogens with zero attached hydrogens (tertiary/aromatic N) is 1. The van der Waals surface area contributed by atoms with Crippen molar-refractivity contribution in [2.24, 2.45) is 0 Å². The Morgan fingerprint density at radius 1 is 1.37 bits per heavy atom. The van der Waals surface area contributed by atoms with Crippen LogP contribution in [0, 0.1) is 0 Å². The first-order chi connectivity index (χ1) is 9.20. The number of carboxylic acids is 1. The number of hydrogen-bond acceptors (Lipinski definition) is 4. The lowest BCUT2D eigenvalue weighted by Crippen LogP contribution is -2.07. The Balaban J connectivity index is 2.26. The molecule has 5 nitrogen and oxygen atoms in total. The van der Waals surface area contributed by atoms with E-state index in [4.69, 9.17) is 9.84 Å². The van der Waals surface area contributed by atoms with Crippen LogP contribution in [0.5, 0.6) is 11.6 Å². The summed E-state index contributed by atoms with van der Waals surface area (Å²) >= 11 is 0. The zero-order valence-electron chi connectivity index (χ0n) is 10.5. The van der Waals surface area contributed by atoms with Crippen molar-refractivity contribution >= 4 is 5.97 Å². The number of rotatable bonds is 5. The predicted octanol–water partition coefficient (Wildman–Crippen LogP) is 2.29. The maximum Gasteiger partial charge on any atom is 0.335 e. The number of carboxylic acid groups (broad SMARTS) is 1. The molecule has 2 rings (SSSR count). The van der Waals surface area contributed by atoms with Gasteiger partial charge in [0.25, 0.3) is 0 Å². The van der Waals surface area contributed by atoms with Crippen molar-refractivity contribution < 1.29 is 14.6 Å². The van der Waals surface area contributed by atoms with Gasteiger partial charge < -0.3 is 15.2 Å². The molecule has 0 saturated carbocycles. The first kappa shape index (κ1) is 13.0. The fourth-order valence-corrected chi connectivity index (χ4v) is 1.65. The second kappa shape index (κ2) is 5.97. The molecule has 2 aromatic rings. The summed E-state index contributed by atoms with van der Waals surface area (Å²) in [5.41, 5.74) is 1.09. The minimum Gasteiger partial charge on any atom is -0.478 e. The smallest absolute Gasteiger partial charge is 0.335 e. The molecule has 0 fully saturated rings. The highest BCUT2D eigenvalue weighted by Gasteiger charge is 2.08. The minimum atomic E-state index is -0.984. The van der Waals surface area contributed by atoms with E-state index in [9.17, 15) is 4.79 Å². The lowest BCUT2D eigenvalue weighted by Gasteiger charge is -2.09. The van der Waals surface area contributed by atoms with Crippen molar-refractivity contribution in [3.8, 4) is 11.6 Å². The molecule has 5 heteroatoms. The number of hydrogen-bond donors (Lipinski definition) is 2. The standard InChI is InChI=1S/C14H14N2O3/c1-15-9-11-5-3-7-16-13(11)19-12-6-2-4-10(8-12)14(17)18/h2-8,15H,9H2,1H3,(H,17,18). The zero-order valence-corrected chi connectivity index (χ0v) is 10.5. The molecule has 0 aliphatic carbocycles. The number of carbonyl (C=O) groups is 1. The van der Waals surface area contributed by atoms with Crippen LogP contribution in [0.1, 0.15) is 15.9 Å². The highest BCUT2D eigenvalue weighted by molar-refractivity contribution is 5.88. The Kier molecular flexibility index (Phi) is 4.10. The maximum atomic E-state index is 10.9. The Labute approximate surface area is 110 Å². The quantitative estimate of drug-likeness (QED) is 0.861. The van der Waals surface area contributed by atoms with Gasteiger partial charge in [0.15, 0.2) is 0 Å². The van der Waals surface area contributed by atoms with E-state index in [0.717, 1.165) is 5.56 Å². The molecule has 0 spiro atoms. The van der Waals surface area contributed by atoms with E-state index in [-0.39, 0.29) is 5.56 Å². The van der Waals surface area contributed by atoms with Gasteiger partial charge >= 0.3 is 5.97 Å². The van der Waals surface area contributed by atoms with Crippen molar-refractivity contribution in [1.82, 2.24) is 10.3 Å². The third kappa shape index (κ3) is 3.29. The van der Waals surface area contributed by atoms with Crippen LogP contribution in [0.3, 0.4) is 0 Å². The number of pyridine rings is 1. The average molecular weight is 258 g/mol. The van der Waals surface area contributed by atoms with Gasteiger partial charge in [0.2, 0.25) is 5.88 Å². The van der Waals surface area contributed by atoms with Crippen LogP contribution in [-0.4, -0.2) is 23.1 Å².